The number of rotatable bonds is 5. The standard InChI is InChI=1S/C14H20N2S2/c1-18-14(8-4-5-9-14)10-16-12-7-3-2-6-11(12)13(15)17/h2-3,6-7,16H,4-5,8-10H2,1H3,(H2,15,17). The Kier molecular flexibility index (Phi) is 4.51. The van der Waals surface area contributed by atoms with E-state index in [4.69, 9.17) is 18.0 Å². The average Bonchev–Trinajstić information content (AvgIpc) is 2.86. The Morgan fingerprint density at radius 2 is 2.06 bits per heavy atom. The third kappa shape index (κ3) is 2.98. The number of hydrogen-bond donors (Lipinski definition) is 2. The van der Waals surface area contributed by atoms with Gasteiger partial charge in [0.2, 0.25) is 0 Å². The number of nitrogens with two attached hydrogens (primary N) is 1. The molecule has 1 aromatic rings. The molecule has 18 heavy (non-hydrogen) atoms. The summed E-state index contributed by atoms with van der Waals surface area (Å²) in [5.74, 6) is 0. The van der Waals surface area contributed by atoms with Crippen LogP contribution in [0, 0.1) is 0 Å². The fraction of sp³-hybridized carbons (Fsp3) is 0.500. The van der Waals surface area contributed by atoms with Crippen molar-refractivity contribution >= 4 is 34.7 Å². The summed E-state index contributed by atoms with van der Waals surface area (Å²) in [6.07, 6.45) is 7.51. The minimum atomic E-state index is 0.392. The van der Waals surface area contributed by atoms with Gasteiger partial charge in [-0.15, -0.1) is 0 Å². The molecule has 98 valence electrons. The smallest absolute Gasteiger partial charge is 0.106 e. The van der Waals surface area contributed by atoms with Crippen LogP contribution in [-0.2, 0) is 0 Å². The number of para-hydroxylation sites is 1. The largest absolute Gasteiger partial charge is 0.389 e. The van der Waals surface area contributed by atoms with Gasteiger partial charge in [-0.2, -0.15) is 11.8 Å². The fourth-order valence-corrected chi connectivity index (χ4v) is 3.67. The van der Waals surface area contributed by atoms with Crippen molar-refractivity contribution in [3.8, 4) is 0 Å². The second-order valence-corrected chi connectivity index (χ2v) is 6.57. The maximum atomic E-state index is 5.75. The summed E-state index contributed by atoms with van der Waals surface area (Å²) in [6, 6.07) is 8.02. The number of benzene rings is 1. The highest BCUT2D eigenvalue weighted by Crippen LogP contribution is 2.40. The van der Waals surface area contributed by atoms with Gasteiger partial charge in [0.1, 0.15) is 4.99 Å². The van der Waals surface area contributed by atoms with Gasteiger partial charge >= 0.3 is 0 Å². The van der Waals surface area contributed by atoms with Crippen LogP contribution in [0.4, 0.5) is 5.69 Å². The lowest BCUT2D eigenvalue weighted by Crippen LogP contribution is -2.30. The average molecular weight is 280 g/mol. The highest BCUT2D eigenvalue weighted by atomic mass is 32.2. The van der Waals surface area contributed by atoms with Crippen LogP contribution in [0.25, 0.3) is 0 Å². The zero-order chi connectivity index (χ0) is 13.0. The summed E-state index contributed by atoms with van der Waals surface area (Å²) < 4.78 is 0.392. The Morgan fingerprint density at radius 1 is 1.39 bits per heavy atom. The minimum Gasteiger partial charge on any atom is -0.389 e. The van der Waals surface area contributed by atoms with Crippen molar-refractivity contribution in [2.45, 2.75) is 30.4 Å². The van der Waals surface area contributed by atoms with E-state index in [1.807, 2.05) is 30.0 Å². The van der Waals surface area contributed by atoms with Crippen LogP contribution in [0.5, 0.6) is 0 Å². The second kappa shape index (κ2) is 5.93. The maximum absolute atomic E-state index is 5.75. The number of anilines is 1. The lowest BCUT2D eigenvalue weighted by Gasteiger charge is -2.28. The van der Waals surface area contributed by atoms with Gasteiger partial charge in [0.05, 0.1) is 0 Å². The summed E-state index contributed by atoms with van der Waals surface area (Å²) in [4.78, 5) is 0.461. The first-order chi connectivity index (χ1) is 8.67. The SMILES string of the molecule is CSC1(CNc2ccccc2C(N)=S)CCCC1. The van der Waals surface area contributed by atoms with Crippen molar-refractivity contribution in [1.82, 2.24) is 0 Å². The van der Waals surface area contributed by atoms with Gasteiger partial charge in [-0.1, -0.05) is 37.2 Å². The molecule has 0 radical (unpaired) electrons. The van der Waals surface area contributed by atoms with Crippen LogP contribution in [0.1, 0.15) is 31.2 Å². The molecule has 2 rings (SSSR count). The molecule has 1 aliphatic rings. The number of thioether (sulfide) groups is 1. The van der Waals surface area contributed by atoms with Crippen molar-refractivity contribution < 1.29 is 0 Å². The zero-order valence-corrected chi connectivity index (χ0v) is 12.4. The molecule has 2 nitrogen and oxygen atoms in total. The Labute approximate surface area is 119 Å². The van der Waals surface area contributed by atoms with Crippen molar-refractivity contribution in [3.63, 3.8) is 0 Å². The molecule has 1 saturated carbocycles. The van der Waals surface area contributed by atoms with Gasteiger partial charge < -0.3 is 11.1 Å². The summed E-state index contributed by atoms with van der Waals surface area (Å²) in [5.41, 5.74) is 7.76. The van der Waals surface area contributed by atoms with E-state index in [9.17, 15) is 0 Å². The van der Waals surface area contributed by atoms with E-state index in [1.54, 1.807) is 0 Å². The Hall–Kier alpha value is -0.740. The molecule has 0 heterocycles. The summed E-state index contributed by atoms with van der Waals surface area (Å²) in [5, 5.41) is 3.54. The van der Waals surface area contributed by atoms with Gasteiger partial charge in [0.25, 0.3) is 0 Å². The van der Waals surface area contributed by atoms with Crippen molar-refractivity contribution in [2.24, 2.45) is 5.73 Å². The molecular weight excluding hydrogens is 260 g/mol. The second-order valence-electron chi connectivity index (χ2n) is 4.86. The molecule has 0 unspecified atom stereocenters. The zero-order valence-electron chi connectivity index (χ0n) is 10.7. The molecule has 0 amide bonds. The van der Waals surface area contributed by atoms with Crippen molar-refractivity contribution in [1.29, 1.82) is 0 Å². The molecule has 0 spiro atoms. The first-order valence-electron chi connectivity index (χ1n) is 6.35. The summed E-state index contributed by atoms with van der Waals surface area (Å²) in [6.45, 7) is 0.994. The van der Waals surface area contributed by atoms with Gasteiger partial charge in [0.15, 0.2) is 0 Å². The predicted molar refractivity (Wildman–Crippen MR) is 85.5 cm³/mol. The van der Waals surface area contributed by atoms with Gasteiger partial charge in [-0.05, 0) is 31.2 Å². The van der Waals surface area contributed by atoms with Crippen LogP contribution >= 0.6 is 24.0 Å². The highest BCUT2D eigenvalue weighted by Gasteiger charge is 2.32. The van der Waals surface area contributed by atoms with E-state index in [-0.39, 0.29) is 0 Å². The number of hydrogen-bond acceptors (Lipinski definition) is 3. The van der Waals surface area contributed by atoms with Crippen LogP contribution in [0.15, 0.2) is 24.3 Å². The molecule has 1 aromatic carbocycles. The van der Waals surface area contributed by atoms with Gasteiger partial charge in [-0.25, -0.2) is 0 Å². The summed E-state index contributed by atoms with van der Waals surface area (Å²) in [7, 11) is 0. The number of thiocarbonyl (C=S) groups is 1. The van der Waals surface area contributed by atoms with E-state index < -0.39 is 0 Å². The molecule has 1 aliphatic carbocycles. The Balaban J connectivity index is 2.08. The molecule has 4 heteroatoms. The fourth-order valence-electron chi connectivity index (χ4n) is 2.58. The van der Waals surface area contributed by atoms with Crippen LogP contribution < -0.4 is 11.1 Å². The van der Waals surface area contributed by atoms with Gasteiger partial charge in [0, 0.05) is 22.5 Å². The molecule has 0 atom stereocenters. The lowest BCUT2D eigenvalue weighted by molar-refractivity contribution is 0.640. The molecule has 0 saturated heterocycles. The monoisotopic (exact) mass is 280 g/mol. The molecular formula is C14H20N2S2. The molecule has 0 bridgehead atoms. The predicted octanol–water partition coefficient (Wildman–Crippen LogP) is 3.41. The molecule has 0 aliphatic heterocycles. The van der Waals surface area contributed by atoms with E-state index in [1.165, 1.54) is 25.7 Å². The van der Waals surface area contributed by atoms with Crippen LogP contribution in [-0.4, -0.2) is 22.5 Å². The lowest BCUT2D eigenvalue weighted by atomic mass is 10.1. The van der Waals surface area contributed by atoms with Crippen LogP contribution in [0.3, 0.4) is 0 Å². The minimum absolute atomic E-state index is 0.392. The van der Waals surface area contributed by atoms with Crippen molar-refractivity contribution in [2.75, 3.05) is 18.1 Å². The first-order valence-corrected chi connectivity index (χ1v) is 7.98. The number of nitrogens with one attached hydrogen (secondary N) is 1. The normalized spacial score (nSPS) is 17.6. The van der Waals surface area contributed by atoms with Crippen LogP contribution in [0.2, 0.25) is 0 Å². The highest BCUT2D eigenvalue weighted by molar-refractivity contribution is 8.00. The molecule has 1 fully saturated rings. The van der Waals surface area contributed by atoms with E-state index in [0.29, 0.717) is 9.74 Å². The third-order valence-corrected chi connectivity index (χ3v) is 5.38. The summed E-state index contributed by atoms with van der Waals surface area (Å²) >= 11 is 7.07. The Bertz CT molecular complexity index is 426. The molecule has 0 aromatic heterocycles. The van der Waals surface area contributed by atoms with E-state index in [0.717, 1.165) is 17.8 Å². The Morgan fingerprint density at radius 3 is 2.67 bits per heavy atom. The first kappa shape index (κ1) is 13.7. The van der Waals surface area contributed by atoms with Crippen molar-refractivity contribution in [3.05, 3.63) is 29.8 Å². The quantitative estimate of drug-likeness (QED) is 0.811. The maximum Gasteiger partial charge on any atom is 0.106 e. The van der Waals surface area contributed by atoms with E-state index in [2.05, 4.69) is 17.6 Å². The third-order valence-electron chi connectivity index (χ3n) is 3.74. The van der Waals surface area contributed by atoms with E-state index >= 15 is 0 Å². The topological polar surface area (TPSA) is 38.0 Å². The van der Waals surface area contributed by atoms with Gasteiger partial charge in [-0.3, -0.25) is 0 Å². The molecule has 3 N–H and O–H groups in total.